The van der Waals surface area contributed by atoms with E-state index in [0.717, 1.165) is 16.9 Å². The van der Waals surface area contributed by atoms with Crippen LogP contribution in [0.3, 0.4) is 0 Å². The van der Waals surface area contributed by atoms with Gasteiger partial charge in [0, 0.05) is 6.20 Å². The molecular formula is C16H15F3N4O2. The van der Waals surface area contributed by atoms with Gasteiger partial charge in [-0.3, -0.25) is 9.48 Å². The maximum absolute atomic E-state index is 12.6. The summed E-state index contributed by atoms with van der Waals surface area (Å²) < 4.78 is 44.3. The summed E-state index contributed by atoms with van der Waals surface area (Å²) in [4.78, 5) is 16.6. The maximum Gasteiger partial charge on any atom is 0.435 e. The SMILES string of the molecule is CC(NC(=O)C(C)n1ccc(C(F)(F)F)n1)c1nc2ccccc2o1. The molecule has 132 valence electrons. The molecule has 0 spiro atoms. The van der Waals surface area contributed by atoms with E-state index in [1.54, 1.807) is 25.1 Å². The van der Waals surface area contributed by atoms with Gasteiger partial charge in [-0.2, -0.15) is 18.3 Å². The molecule has 6 nitrogen and oxygen atoms in total. The molecule has 2 atom stereocenters. The smallest absolute Gasteiger partial charge is 0.435 e. The van der Waals surface area contributed by atoms with E-state index in [4.69, 9.17) is 4.42 Å². The second kappa shape index (κ2) is 6.23. The number of fused-ring (bicyclic) bond motifs is 1. The van der Waals surface area contributed by atoms with Crippen molar-refractivity contribution in [3.63, 3.8) is 0 Å². The molecule has 0 aliphatic rings. The molecule has 1 amide bonds. The van der Waals surface area contributed by atoms with E-state index in [1.165, 1.54) is 6.92 Å². The van der Waals surface area contributed by atoms with Crippen molar-refractivity contribution in [3.05, 3.63) is 48.1 Å². The number of halogens is 3. The van der Waals surface area contributed by atoms with Crippen molar-refractivity contribution >= 4 is 17.0 Å². The molecule has 0 fully saturated rings. The fourth-order valence-corrected chi connectivity index (χ4v) is 2.30. The van der Waals surface area contributed by atoms with Crippen LogP contribution in [0, 0.1) is 0 Å². The first kappa shape index (κ1) is 17.0. The highest BCUT2D eigenvalue weighted by Gasteiger charge is 2.34. The zero-order valence-electron chi connectivity index (χ0n) is 13.4. The molecule has 0 saturated carbocycles. The molecular weight excluding hydrogens is 337 g/mol. The number of oxazole rings is 1. The van der Waals surface area contributed by atoms with Crippen molar-refractivity contribution in [2.75, 3.05) is 0 Å². The molecule has 1 N–H and O–H groups in total. The van der Waals surface area contributed by atoms with Crippen molar-refractivity contribution < 1.29 is 22.4 Å². The third kappa shape index (κ3) is 3.49. The van der Waals surface area contributed by atoms with Gasteiger partial charge in [-0.15, -0.1) is 0 Å². The Labute approximate surface area is 140 Å². The van der Waals surface area contributed by atoms with Crippen molar-refractivity contribution in [1.29, 1.82) is 0 Å². The number of hydrogen-bond acceptors (Lipinski definition) is 4. The van der Waals surface area contributed by atoms with Gasteiger partial charge in [-0.1, -0.05) is 12.1 Å². The summed E-state index contributed by atoms with van der Waals surface area (Å²) in [5.74, 6) is -0.176. The Kier molecular flexibility index (Phi) is 4.23. The largest absolute Gasteiger partial charge is 0.438 e. The van der Waals surface area contributed by atoms with Gasteiger partial charge < -0.3 is 9.73 Å². The van der Waals surface area contributed by atoms with Gasteiger partial charge in [-0.05, 0) is 32.0 Å². The average molecular weight is 352 g/mol. The number of nitrogens with one attached hydrogen (secondary N) is 1. The highest BCUT2D eigenvalue weighted by atomic mass is 19.4. The van der Waals surface area contributed by atoms with Gasteiger partial charge in [0.2, 0.25) is 11.8 Å². The van der Waals surface area contributed by atoms with Crippen LogP contribution in [0.1, 0.15) is 37.5 Å². The molecule has 1 aromatic carbocycles. The van der Waals surface area contributed by atoms with Crippen LogP contribution >= 0.6 is 0 Å². The lowest BCUT2D eigenvalue weighted by Gasteiger charge is -2.16. The Morgan fingerprint density at radius 2 is 1.96 bits per heavy atom. The molecule has 2 unspecified atom stereocenters. The van der Waals surface area contributed by atoms with E-state index in [0.29, 0.717) is 17.0 Å². The first-order valence-corrected chi connectivity index (χ1v) is 7.54. The van der Waals surface area contributed by atoms with E-state index in [2.05, 4.69) is 15.4 Å². The monoisotopic (exact) mass is 352 g/mol. The number of nitrogens with zero attached hydrogens (tertiary/aromatic N) is 3. The van der Waals surface area contributed by atoms with Crippen LogP contribution in [0.4, 0.5) is 13.2 Å². The first-order chi connectivity index (χ1) is 11.8. The van der Waals surface area contributed by atoms with Crippen LogP contribution in [0.15, 0.2) is 40.9 Å². The number of hydrogen-bond donors (Lipinski definition) is 1. The molecule has 2 heterocycles. The number of amides is 1. The molecule has 3 rings (SSSR count). The Morgan fingerprint density at radius 1 is 1.24 bits per heavy atom. The van der Waals surface area contributed by atoms with Gasteiger partial charge >= 0.3 is 6.18 Å². The predicted octanol–water partition coefficient (Wildman–Crippen LogP) is 3.48. The third-order valence-corrected chi connectivity index (χ3v) is 3.71. The molecule has 9 heteroatoms. The van der Waals surface area contributed by atoms with Gasteiger partial charge in [0.1, 0.15) is 17.6 Å². The molecule has 25 heavy (non-hydrogen) atoms. The molecule has 3 aromatic rings. The van der Waals surface area contributed by atoms with E-state index in [-0.39, 0.29) is 0 Å². The Bertz CT molecular complexity index is 867. The van der Waals surface area contributed by atoms with Crippen molar-refractivity contribution in [3.8, 4) is 0 Å². The minimum atomic E-state index is -4.55. The summed E-state index contributed by atoms with van der Waals surface area (Å²) in [5, 5.41) is 6.08. The van der Waals surface area contributed by atoms with Crippen LogP contribution in [-0.2, 0) is 11.0 Å². The molecule has 0 aliphatic heterocycles. The Morgan fingerprint density at radius 3 is 2.60 bits per heavy atom. The summed E-state index contributed by atoms with van der Waals surface area (Å²) in [6.07, 6.45) is -3.43. The second-order valence-electron chi connectivity index (χ2n) is 5.60. The van der Waals surface area contributed by atoms with Crippen molar-refractivity contribution in [2.45, 2.75) is 32.1 Å². The van der Waals surface area contributed by atoms with E-state index in [9.17, 15) is 18.0 Å². The summed E-state index contributed by atoms with van der Waals surface area (Å²) in [7, 11) is 0. The number of alkyl halides is 3. The van der Waals surface area contributed by atoms with Crippen LogP contribution in [-0.4, -0.2) is 20.7 Å². The fraction of sp³-hybridized carbons (Fsp3) is 0.312. The zero-order chi connectivity index (χ0) is 18.2. The maximum atomic E-state index is 12.6. The second-order valence-corrected chi connectivity index (χ2v) is 5.60. The third-order valence-electron chi connectivity index (χ3n) is 3.71. The average Bonchev–Trinajstić information content (AvgIpc) is 3.20. The van der Waals surface area contributed by atoms with E-state index >= 15 is 0 Å². The van der Waals surface area contributed by atoms with Crippen LogP contribution in [0.25, 0.3) is 11.1 Å². The molecule has 0 aliphatic carbocycles. The summed E-state index contributed by atoms with van der Waals surface area (Å²) in [6, 6.07) is 6.53. The number of benzene rings is 1. The van der Waals surface area contributed by atoms with Crippen molar-refractivity contribution in [2.24, 2.45) is 0 Å². The highest BCUT2D eigenvalue weighted by molar-refractivity contribution is 5.80. The van der Waals surface area contributed by atoms with Crippen LogP contribution in [0.2, 0.25) is 0 Å². The molecule has 0 saturated heterocycles. The minimum absolute atomic E-state index is 0.318. The molecule has 0 bridgehead atoms. The lowest BCUT2D eigenvalue weighted by atomic mass is 10.2. The van der Waals surface area contributed by atoms with Crippen LogP contribution in [0.5, 0.6) is 0 Å². The minimum Gasteiger partial charge on any atom is -0.438 e. The summed E-state index contributed by atoms with van der Waals surface area (Å²) in [5.41, 5.74) is 0.209. The summed E-state index contributed by atoms with van der Waals surface area (Å²) >= 11 is 0. The van der Waals surface area contributed by atoms with Gasteiger partial charge in [0.25, 0.3) is 0 Å². The number of carbonyl (C=O) groups is 1. The molecule has 2 aromatic heterocycles. The highest BCUT2D eigenvalue weighted by Crippen LogP contribution is 2.28. The number of aromatic nitrogens is 3. The quantitative estimate of drug-likeness (QED) is 0.780. The number of carbonyl (C=O) groups excluding carboxylic acids is 1. The topological polar surface area (TPSA) is 73.0 Å². The Balaban J connectivity index is 1.71. The van der Waals surface area contributed by atoms with E-state index in [1.807, 2.05) is 6.07 Å². The standard InChI is InChI=1S/C16H15F3N4O2/c1-9(15-21-11-5-3-4-6-12(11)25-15)20-14(24)10(2)23-8-7-13(22-23)16(17,18)19/h3-10H,1-2H3,(H,20,24). The molecule has 0 radical (unpaired) electrons. The predicted molar refractivity (Wildman–Crippen MR) is 82.5 cm³/mol. The zero-order valence-corrected chi connectivity index (χ0v) is 13.4. The lowest BCUT2D eigenvalue weighted by Crippen LogP contribution is -2.33. The number of para-hydroxylation sites is 2. The Hall–Kier alpha value is -2.84. The van der Waals surface area contributed by atoms with Gasteiger partial charge in [-0.25, -0.2) is 4.98 Å². The normalized spacial score (nSPS) is 14.4. The van der Waals surface area contributed by atoms with Crippen molar-refractivity contribution in [1.82, 2.24) is 20.1 Å². The van der Waals surface area contributed by atoms with E-state index < -0.39 is 29.9 Å². The van der Waals surface area contributed by atoms with Crippen LogP contribution < -0.4 is 5.32 Å². The number of rotatable bonds is 4. The first-order valence-electron chi connectivity index (χ1n) is 7.54. The summed E-state index contributed by atoms with van der Waals surface area (Å²) in [6.45, 7) is 3.14. The lowest BCUT2D eigenvalue weighted by molar-refractivity contribution is -0.142. The fourth-order valence-electron chi connectivity index (χ4n) is 2.30. The van der Waals surface area contributed by atoms with Gasteiger partial charge in [0.15, 0.2) is 11.3 Å². The van der Waals surface area contributed by atoms with Gasteiger partial charge in [0.05, 0.1) is 0 Å².